The monoisotopic (exact) mass is 235 g/mol. The highest BCUT2D eigenvalue weighted by Crippen LogP contribution is 2.10. The van der Waals surface area contributed by atoms with Crippen molar-refractivity contribution in [1.82, 2.24) is 10.3 Å². The number of aromatic nitrogens is 1. The van der Waals surface area contributed by atoms with Gasteiger partial charge in [0.25, 0.3) is 0 Å². The molecule has 4 nitrogen and oxygen atoms in total. The molecular formula is C13H21N3O. The predicted molar refractivity (Wildman–Crippen MR) is 68.2 cm³/mol. The van der Waals surface area contributed by atoms with Crippen LogP contribution in [-0.2, 0) is 4.79 Å². The van der Waals surface area contributed by atoms with Gasteiger partial charge in [-0.3, -0.25) is 9.78 Å². The van der Waals surface area contributed by atoms with Gasteiger partial charge in [-0.25, -0.2) is 0 Å². The van der Waals surface area contributed by atoms with Crippen molar-refractivity contribution in [2.24, 2.45) is 11.7 Å². The lowest BCUT2D eigenvalue weighted by Gasteiger charge is -2.20. The predicted octanol–water partition coefficient (Wildman–Crippen LogP) is 1.63. The Kier molecular flexibility index (Phi) is 5.10. The summed E-state index contributed by atoms with van der Waals surface area (Å²) in [4.78, 5) is 16.1. The minimum Gasteiger partial charge on any atom is -0.347 e. The van der Waals surface area contributed by atoms with E-state index in [1.165, 1.54) is 0 Å². The first kappa shape index (κ1) is 13.6. The molecule has 4 heteroatoms. The van der Waals surface area contributed by atoms with E-state index in [9.17, 15) is 4.79 Å². The largest absolute Gasteiger partial charge is 0.347 e. The van der Waals surface area contributed by atoms with Gasteiger partial charge in [0.15, 0.2) is 0 Å². The Morgan fingerprint density at radius 2 is 2.18 bits per heavy atom. The lowest BCUT2D eigenvalue weighted by Crippen LogP contribution is -2.45. The van der Waals surface area contributed by atoms with Crippen LogP contribution in [0.25, 0.3) is 0 Å². The number of carbonyl (C=O) groups excluding carboxylic acids is 1. The van der Waals surface area contributed by atoms with Gasteiger partial charge >= 0.3 is 0 Å². The van der Waals surface area contributed by atoms with Crippen LogP contribution in [0.4, 0.5) is 0 Å². The van der Waals surface area contributed by atoms with Crippen LogP contribution in [0.5, 0.6) is 0 Å². The van der Waals surface area contributed by atoms with E-state index in [0.29, 0.717) is 0 Å². The molecule has 0 saturated carbocycles. The number of pyridine rings is 1. The van der Waals surface area contributed by atoms with Gasteiger partial charge in [0.1, 0.15) is 0 Å². The molecule has 0 aliphatic rings. The molecule has 0 aliphatic heterocycles. The zero-order chi connectivity index (χ0) is 12.8. The van der Waals surface area contributed by atoms with E-state index in [2.05, 4.69) is 10.3 Å². The van der Waals surface area contributed by atoms with Crippen molar-refractivity contribution in [2.45, 2.75) is 39.3 Å². The molecule has 1 aromatic heterocycles. The number of amides is 1. The Bertz CT molecular complexity index is 353. The third kappa shape index (κ3) is 3.82. The molecule has 3 atom stereocenters. The molecule has 0 spiro atoms. The molecule has 1 unspecified atom stereocenters. The SMILES string of the molecule is CC[C@H](C)[C@H](N)C(=O)NC(C)c1ccccn1. The van der Waals surface area contributed by atoms with Gasteiger partial charge in [0.2, 0.25) is 5.91 Å². The molecule has 0 aromatic carbocycles. The molecule has 1 rings (SSSR count). The first-order chi connectivity index (χ1) is 8.06. The third-order valence-corrected chi connectivity index (χ3v) is 3.05. The highest BCUT2D eigenvalue weighted by atomic mass is 16.2. The summed E-state index contributed by atoms with van der Waals surface area (Å²) in [6, 6.07) is 5.08. The fourth-order valence-electron chi connectivity index (χ4n) is 1.53. The Hall–Kier alpha value is -1.42. The Balaban J connectivity index is 2.57. The molecule has 0 bridgehead atoms. The minimum atomic E-state index is -0.453. The van der Waals surface area contributed by atoms with Crippen LogP contribution < -0.4 is 11.1 Å². The average Bonchev–Trinajstić information content (AvgIpc) is 2.37. The van der Waals surface area contributed by atoms with Gasteiger partial charge in [-0.1, -0.05) is 26.3 Å². The topological polar surface area (TPSA) is 68.0 Å². The van der Waals surface area contributed by atoms with Gasteiger partial charge in [-0.15, -0.1) is 0 Å². The molecule has 0 saturated heterocycles. The summed E-state index contributed by atoms with van der Waals surface area (Å²) in [5.41, 5.74) is 6.71. The lowest BCUT2D eigenvalue weighted by atomic mass is 9.99. The lowest BCUT2D eigenvalue weighted by molar-refractivity contribution is -0.124. The van der Waals surface area contributed by atoms with Crippen LogP contribution in [0.15, 0.2) is 24.4 Å². The Morgan fingerprint density at radius 3 is 2.71 bits per heavy atom. The molecule has 3 N–H and O–H groups in total. The van der Waals surface area contributed by atoms with Crippen molar-refractivity contribution in [2.75, 3.05) is 0 Å². The first-order valence-electron chi connectivity index (χ1n) is 6.03. The van der Waals surface area contributed by atoms with Crippen molar-refractivity contribution in [3.63, 3.8) is 0 Å². The van der Waals surface area contributed by atoms with Gasteiger partial charge in [0, 0.05) is 6.20 Å². The summed E-state index contributed by atoms with van der Waals surface area (Å²) < 4.78 is 0. The number of hydrogen-bond acceptors (Lipinski definition) is 3. The molecule has 0 fully saturated rings. The summed E-state index contributed by atoms with van der Waals surface area (Å²) in [6.45, 7) is 5.92. The maximum absolute atomic E-state index is 11.9. The second-order valence-corrected chi connectivity index (χ2v) is 4.40. The van der Waals surface area contributed by atoms with Crippen molar-refractivity contribution in [1.29, 1.82) is 0 Å². The van der Waals surface area contributed by atoms with Crippen LogP contribution >= 0.6 is 0 Å². The standard InChI is InChI=1S/C13H21N3O/c1-4-9(2)12(14)13(17)16-10(3)11-7-5-6-8-15-11/h5-10,12H,4,14H2,1-3H3,(H,16,17)/t9-,10?,12-/m0/s1. The molecule has 1 aromatic rings. The average molecular weight is 235 g/mol. The van der Waals surface area contributed by atoms with Crippen LogP contribution in [-0.4, -0.2) is 16.9 Å². The van der Waals surface area contributed by atoms with Gasteiger partial charge in [0.05, 0.1) is 17.8 Å². The molecule has 1 amide bonds. The van der Waals surface area contributed by atoms with Gasteiger partial charge in [-0.05, 0) is 25.0 Å². The van der Waals surface area contributed by atoms with Crippen molar-refractivity contribution in [3.05, 3.63) is 30.1 Å². The van der Waals surface area contributed by atoms with E-state index < -0.39 is 6.04 Å². The normalized spacial score (nSPS) is 16.0. The summed E-state index contributed by atoms with van der Waals surface area (Å²) in [5.74, 6) is 0.0726. The molecule has 0 radical (unpaired) electrons. The molecule has 94 valence electrons. The van der Waals surface area contributed by atoms with E-state index in [1.54, 1.807) is 6.20 Å². The van der Waals surface area contributed by atoms with E-state index in [-0.39, 0.29) is 17.9 Å². The van der Waals surface area contributed by atoms with Crippen molar-refractivity contribution in [3.8, 4) is 0 Å². The van der Waals surface area contributed by atoms with Crippen LogP contribution in [0.1, 0.15) is 38.9 Å². The number of nitrogens with two attached hydrogens (primary N) is 1. The number of rotatable bonds is 5. The summed E-state index contributed by atoms with van der Waals surface area (Å²) in [6.07, 6.45) is 2.61. The van der Waals surface area contributed by atoms with Crippen LogP contribution in [0, 0.1) is 5.92 Å². The quantitative estimate of drug-likeness (QED) is 0.815. The molecule has 0 aliphatic carbocycles. The van der Waals surface area contributed by atoms with Gasteiger partial charge in [-0.2, -0.15) is 0 Å². The smallest absolute Gasteiger partial charge is 0.237 e. The fourth-order valence-corrected chi connectivity index (χ4v) is 1.53. The van der Waals surface area contributed by atoms with Gasteiger partial charge < -0.3 is 11.1 Å². The number of hydrogen-bond donors (Lipinski definition) is 2. The maximum atomic E-state index is 11.9. The molecule has 1 heterocycles. The zero-order valence-electron chi connectivity index (χ0n) is 10.7. The van der Waals surface area contributed by atoms with Crippen molar-refractivity contribution >= 4 is 5.91 Å². The second kappa shape index (κ2) is 6.35. The van der Waals surface area contributed by atoms with E-state index in [4.69, 9.17) is 5.73 Å². The summed E-state index contributed by atoms with van der Waals surface area (Å²) in [7, 11) is 0. The van der Waals surface area contributed by atoms with E-state index in [0.717, 1.165) is 12.1 Å². The minimum absolute atomic E-state index is 0.112. The summed E-state index contributed by atoms with van der Waals surface area (Å²) in [5, 5.41) is 2.88. The zero-order valence-corrected chi connectivity index (χ0v) is 10.7. The Morgan fingerprint density at radius 1 is 1.47 bits per heavy atom. The van der Waals surface area contributed by atoms with Crippen LogP contribution in [0.3, 0.4) is 0 Å². The number of nitrogens with one attached hydrogen (secondary N) is 1. The third-order valence-electron chi connectivity index (χ3n) is 3.05. The highest BCUT2D eigenvalue weighted by Gasteiger charge is 2.21. The van der Waals surface area contributed by atoms with E-state index >= 15 is 0 Å². The molecule has 17 heavy (non-hydrogen) atoms. The maximum Gasteiger partial charge on any atom is 0.237 e. The van der Waals surface area contributed by atoms with Crippen molar-refractivity contribution < 1.29 is 4.79 Å². The highest BCUT2D eigenvalue weighted by molar-refractivity contribution is 5.82. The van der Waals surface area contributed by atoms with E-state index in [1.807, 2.05) is 39.0 Å². The number of nitrogens with zero attached hydrogens (tertiary/aromatic N) is 1. The number of carbonyl (C=O) groups is 1. The molecular weight excluding hydrogens is 214 g/mol. The fraction of sp³-hybridized carbons (Fsp3) is 0.538. The van der Waals surface area contributed by atoms with Crippen LogP contribution in [0.2, 0.25) is 0 Å². The Labute approximate surface area is 103 Å². The first-order valence-corrected chi connectivity index (χ1v) is 6.03. The summed E-state index contributed by atoms with van der Waals surface area (Å²) >= 11 is 0. The second-order valence-electron chi connectivity index (χ2n) is 4.40.